The third kappa shape index (κ3) is 3.12. The van der Waals surface area contributed by atoms with Gasteiger partial charge in [-0.3, -0.25) is 9.59 Å². The van der Waals surface area contributed by atoms with Crippen LogP contribution in [0.25, 0.3) is 20.1 Å². The van der Waals surface area contributed by atoms with Crippen LogP contribution >= 0.6 is 22.7 Å². The van der Waals surface area contributed by atoms with Gasteiger partial charge in [0.05, 0.1) is 25.9 Å². The van der Waals surface area contributed by atoms with Crippen molar-refractivity contribution in [2.45, 2.75) is 25.8 Å². The van der Waals surface area contributed by atoms with Crippen molar-refractivity contribution >= 4 is 44.8 Å². The molecule has 1 aliphatic rings. The van der Waals surface area contributed by atoms with Crippen LogP contribution in [0.5, 0.6) is 0 Å². The normalized spacial score (nSPS) is 20.4. The molecule has 0 radical (unpaired) electrons. The lowest BCUT2D eigenvalue weighted by atomic mass is 9.93. The Labute approximate surface area is 158 Å². The molecule has 134 valence electrons. The first kappa shape index (κ1) is 17.2. The highest BCUT2D eigenvalue weighted by Crippen LogP contribution is 2.35. The van der Waals surface area contributed by atoms with E-state index < -0.39 is 11.9 Å². The number of hydrogen-bond acceptors (Lipinski definition) is 5. The van der Waals surface area contributed by atoms with Crippen molar-refractivity contribution < 1.29 is 14.7 Å². The van der Waals surface area contributed by atoms with E-state index >= 15 is 0 Å². The number of fused-ring (bicyclic) bond motifs is 1. The quantitative estimate of drug-likeness (QED) is 0.726. The molecule has 3 heterocycles. The summed E-state index contributed by atoms with van der Waals surface area (Å²) in [5.41, 5.74) is 0.961. The van der Waals surface area contributed by atoms with Crippen LogP contribution in [0.1, 0.15) is 29.4 Å². The van der Waals surface area contributed by atoms with Gasteiger partial charge in [0.25, 0.3) is 5.91 Å². The van der Waals surface area contributed by atoms with Crippen molar-refractivity contribution in [2.75, 3.05) is 6.54 Å². The lowest BCUT2D eigenvalue weighted by molar-refractivity contribution is -0.143. The molecular weight excluding hydrogens is 368 g/mol. The number of thiazole rings is 1. The lowest BCUT2D eigenvalue weighted by Gasteiger charge is -2.36. The number of thiophene rings is 1. The van der Waals surface area contributed by atoms with Gasteiger partial charge in [0, 0.05) is 12.6 Å². The maximum absolute atomic E-state index is 12.9. The Balaban J connectivity index is 1.58. The van der Waals surface area contributed by atoms with E-state index in [9.17, 15) is 14.7 Å². The number of aliphatic carboxylic acids is 1. The number of rotatable bonds is 3. The molecule has 1 fully saturated rings. The molecule has 3 aromatic rings. The van der Waals surface area contributed by atoms with E-state index in [0.717, 1.165) is 26.5 Å². The highest BCUT2D eigenvalue weighted by molar-refractivity contribution is 7.26. The van der Waals surface area contributed by atoms with E-state index in [2.05, 4.69) is 4.98 Å². The second-order valence-corrected chi connectivity index (χ2v) is 8.68. The largest absolute Gasteiger partial charge is 0.481 e. The molecule has 2 atom stereocenters. The summed E-state index contributed by atoms with van der Waals surface area (Å²) in [5, 5.41) is 10.2. The molecule has 1 aromatic carbocycles. The topological polar surface area (TPSA) is 70.5 Å². The highest BCUT2D eigenvalue weighted by Gasteiger charge is 2.33. The molecule has 1 aliphatic heterocycles. The number of likely N-dealkylation sites (tertiary alicyclic amines) is 1. The fourth-order valence-electron chi connectivity index (χ4n) is 3.28. The molecule has 5 nitrogen and oxygen atoms in total. The minimum atomic E-state index is -0.823. The lowest BCUT2D eigenvalue weighted by Crippen LogP contribution is -2.47. The zero-order valence-corrected chi connectivity index (χ0v) is 15.8. The molecule has 0 saturated carbocycles. The van der Waals surface area contributed by atoms with Gasteiger partial charge in [-0.15, -0.1) is 22.7 Å². The maximum atomic E-state index is 12.9. The monoisotopic (exact) mass is 386 g/mol. The van der Waals surface area contributed by atoms with Crippen molar-refractivity contribution in [1.82, 2.24) is 9.88 Å². The van der Waals surface area contributed by atoms with Gasteiger partial charge >= 0.3 is 5.97 Å². The van der Waals surface area contributed by atoms with E-state index in [-0.39, 0.29) is 18.5 Å². The SMILES string of the molecule is CC1CCC(C(=O)O)CN1C(=O)c1ccc(-c2nc3ccccc3s2)s1. The Kier molecular flexibility index (Phi) is 4.50. The second-order valence-electron chi connectivity index (χ2n) is 6.57. The summed E-state index contributed by atoms with van der Waals surface area (Å²) in [6.07, 6.45) is 1.35. The molecule has 1 amide bonds. The molecule has 0 aliphatic carbocycles. The number of carbonyl (C=O) groups excluding carboxylic acids is 1. The minimum absolute atomic E-state index is 0.0612. The van der Waals surface area contributed by atoms with Gasteiger partial charge in [-0.1, -0.05) is 12.1 Å². The first-order valence-corrected chi connectivity index (χ1v) is 10.2. The standard InChI is InChI=1S/C19H18N2O3S2/c1-11-6-7-12(19(23)24)10-21(11)18(22)16-9-8-15(25-16)17-20-13-4-2-3-5-14(13)26-17/h2-5,8-9,11-12H,6-7,10H2,1H3,(H,23,24). The van der Waals surface area contributed by atoms with Crippen LogP contribution in [-0.2, 0) is 4.79 Å². The van der Waals surface area contributed by atoms with Crippen LogP contribution in [0.4, 0.5) is 0 Å². The molecule has 0 spiro atoms. The van der Waals surface area contributed by atoms with Crippen LogP contribution in [0, 0.1) is 5.92 Å². The van der Waals surface area contributed by atoms with Crippen molar-refractivity contribution in [3.8, 4) is 9.88 Å². The predicted molar refractivity (Wildman–Crippen MR) is 104 cm³/mol. The smallest absolute Gasteiger partial charge is 0.308 e. The Morgan fingerprint density at radius 2 is 1.96 bits per heavy atom. The molecule has 26 heavy (non-hydrogen) atoms. The highest BCUT2D eigenvalue weighted by atomic mass is 32.1. The van der Waals surface area contributed by atoms with Crippen molar-refractivity contribution in [3.05, 3.63) is 41.3 Å². The number of hydrogen-bond donors (Lipinski definition) is 1. The number of para-hydroxylation sites is 1. The molecule has 2 unspecified atom stereocenters. The van der Waals surface area contributed by atoms with Crippen LogP contribution in [0.15, 0.2) is 36.4 Å². The summed E-state index contributed by atoms with van der Waals surface area (Å²) < 4.78 is 1.12. The second kappa shape index (κ2) is 6.81. The van der Waals surface area contributed by atoms with Crippen molar-refractivity contribution in [1.29, 1.82) is 0 Å². The van der Waals surface area contributed by atoms with E-state index in [1.165, 1.54) is 11.3 Å². The zero-order valence-electron chi connectivity index (χ0n) is 14.2. The number of aromatic nitrogens is 1. The molecule has 0 bridgehead atoms. The molecule has 2 aromatic heterocycles. The minimum Gasteiger partial charge on any atom is -0.481 e. The Morgan fingerprint density at radius 1 is 1.15 bits per heavy atom. The van der Waals surface area contributed by atoms with E-state index in [1.807, 2.05) is 43.3 Å². The molecule has 1 N–H and O–H groups in total. The summed E-state index contributed by atoms with van der Waals surface area (Å²) in [6, 6.07) is 11.8. The van der Waals surface area contributed by atoms with Crippen LogP contribution in [-0.4, -0.2) is 39.5 Å². The fourth-order valence-corrected chi connectivity index (χ4v) is 5.26. The number of amides is 1. The van der Waals surface area contributed by atoms with Gasteiger partial charge in [0.15, 0.2) is 0 Å². The first-order chi connectivity index (χ1) is 12.5. The average Bonchev–Trinajstić information content (AvgIpc) is 3.28. The molecule has 1 saturated heterocycles. The van der Waals surface area contributed by atoms with Gasteiger partial charge in [-0.2, -0.15) is 0 Å². The summed E-state index contributed by atoms with van der Waals surface area (Å²) in [4.78, 5) is 32.2. The fraction of sp³-hybridized carbons (Fsp3) is 0.316. The number of carbonyl (C=O) groups is 2. The van der Waals surface area contributed by atoms with E-state index in [4.69, 9.17) is 0 Å². The Bertz CT molecular complexity index is 945. The summed E-state index contributed by atoms with van der Waals surface area (Å²) >= 11 is 3.04. The third-order valence-corrected chi connectivity index (χ3v) is 7.09. The van der Waals surface area contributed by atoms with Crippen LogP contribution in [0.3, 0.4) is 0 Å². The number of carboxylic acid groups (broad SMARTS) is 1. The van der Waals surface area contributed by atoms with E-state index in [1.54, 1.807) is 16.2 Å². The average molecular weight is 386 g/mol. The number of nitrogens with zero attached hydrogens (tertiary/aromatic N) is 2. The maximum Gasteiger partial charge on any atom is 0.308 e. The number of carboxylic acids is 1. The van der Waals surface area contributed by atoms with Gasteiger partial charge < -0.3 is 10.0 Å². The zero-order chi connectivity index (χ0) is 18.3. The Morgan fingerprint density at radius 3 is 2.73 bits per heavy atom. The first-order valence-electron chi connectivity index (χ1n) is 8.52. The van der Waals surface area contributed by atoms with Gasteiger partial charge in [0.2, 0.25) is 0 Å². The third-order valence-electron chi connectivity index (χ3n) is 4.81. The van der Waals surface area contributed by atoms with Crippen molar-refractivity contribution in [3.63, 3.8) is 0 Å². The van der Waals surface area contributed by atoms with Gasteiger partial charge in [-0.25, -0.2) is 4.98 Å². The molecule has 7 heteroatoms. The summed E-state index contributed by atoms with van der Waals surface area (Å²) in [6.45, 7) is 2.27. The van der Waals surface area contributed by atoms with Gasteiger partial charge in [0.1, 0.15) is 5.01 Å². The number of piperidine rings is 1. The Hall–Kier alpha value is -2.25. The van der Waals surface area contributed by atoms with Crippen LogP contribution < -0.4 is 0 Å². The van der Waals surface area contributed by atoms with Crippen LogP contribution in [0.2, 0.25) is 0 Å². The molecule has 4 rings (SSSR count). The van der Waals surface area contributed by atoms with Crippen molar-refractivity contribution in [2.24, 2.45) is 5.92 Å². The molecular formula is C19H18N2O3S2. The summed E-state index contributed by atoms with van der Waals surface area (Å²) in [5.74, 6) is -1.38. The number of benzene rings is 1. The predicted octanol–water partition coefficient (Wildman–Crippen LogP) is 4.35. The van der Waals surface area contributed by atoms with Gasteiger partial charge in [-0.05, 0) is 44.0 Å². The van der Waals surface area contributed by atoms with E-state index in [0.29, 0.717) is 11.3 Å². The summed E-state index contributed by atoms with van der Waals surface area (Å²) in [7, 11) is 0.